The molecular formula is C15H21NO4. The monoisotopic (exact) mass is 279 g/mol. The van der Waals surface area contributed by atoms with Crippen LogP contribution in [-0.2, 0) is 4.79 Å². The molecule has 20 heavy (non-hydrogen) atoms. The Balaban J connectivity index is 1.84. The average Bonchev–Trinajstić information content (AvgIpc) is 2.50. The summed E-state index contributed by atoms with van der Waals surface area (Å²) in [7, 11) is 1.77. The molecule has 0 radical (unpaired) electrons. The fourth-order valence-electron chi connectivity index (χ4n) is 2.13. The van der Waals surface area contributed by atoms with Gasteiger partial charge < -0.3 is 19.5 Å². The molecule has 0 fully saturated rings. The first-order valence-electron chi connectivity index (χ1n) is 6.96. The molecule has 1 aromatic rings. The van der Waals surface area contributed by atoms with E-state index in [4.69, 9.17) is 14.6 Å². The van der Waals surface area contributed by atoms with Crippen molar-refractivity contribution in [2.24, 2.45) is 0 Å². The van der Waals surface area contributed by atoms with Crippen molar-refractivity contribution in [2.45, 2.75) is 25.4 Å². The lowest BCUT2D eigenvalue weighted by molar-refractivity contribution is -0.139. The Morgan fingerprint density at radius 1 is 1.30 bits per heavy atom. The van der Waals surface area contributed by atoms with Gasteiger partial charge in [0.1, 0.15) is 6.61 Å². The molecule has 1 aliphatic rings. The molecule has 0 spiro atoms. The van der Waals surface area contributed by atoms with Crippen LogP contribution in [0.4, 0.5) is 0 Å². The molecule has 0 aromatic heterocycles. The zero-order chi connectivity index (χ0) is 14.4. The number of ether oxygens (including phenoxy) is 2. The molecular weight excluding hydrogens is 258 g/mol. The Labute approximate surface area is 119 Å². The number of nitrogens with zero attached hydrogens (tertiary/aromatic N) is 1. The van der Waals surface area contributed by atoms with Gasteiger partial charge in [-0.15, -0.1) is 0 Å². The third-order valence-corrected chi connectivity index (χ3v) is 3.31. The number of aliphatic hydroxyl groups excluding tert-OH is 1. The van der Waals surface area contributed by atoms with E-state index in [0.29, 0.717) is 18.0 Å². The number of amides is 1. The van der Waals surface area contributed by atoms with Crippen molar-refractivity contribution in [3.63, 3.8) is 0 Å². The minimum atomic E-state index is -0.576. The maximum atomic E-state index is 12.2. The third kappa shape index (κ3) is 3.63. The van der Waals surface area contributed by atoms with Crippen molar-refractivity contribution in [1.29, 1.82) is 0 Å². The van der Waals surface area contributed by atoms with Gasteiger partial charge in [-0.3, -0.25) is 4.79 Å². The molecule has 1 atom stereocenters. The highest BCUT2D eigenvalue weighted by Gasteiger charge is 2.29. The van der Waals surface area contributed by atoms with Crippen molar-refractivity contribution in [1.82, 2.24) is 4.90 Å². The van der Waals surface area contributed by atoms with E-state index in [1.807, 2.05) is 18.2 Å². The quantitative estimate of drug-likeness (QED) is 0.801. The summed E-state index contributed by atoms with van der Waals surface area (Å²) in [5, 5.41) is 8.72. The van der Waals surface area contributed by atoms with E-state index in [-0.39, 0.29) is 19.1 Å². The summed E-state index contributed by atoms with van der Waals surface area (Å²) in [6.07, 6.45) is 2.00. The zero-order valence-electron chi connectivity index (χ0n) is 11.7. The number of carbonyl (C=O) groups is 1. The molecule has 1 N–H and O–H groups in total. The molecule has 5 heteroatoms. The van der Waals surface area contributed by atoms with Gasteiger partial charge in [-0.1, -0.05) is 12.1 Å². The van der Waals surface area contributed by atoms with E-state index >= 15 is 0 Å². The highest BCUT2D eigenvalue weighted by molar-refractivity contribution is 5.81. The summed E-state index contributed by atoms with van der Waals surface area (Å²) < 4.78 is 11.2. The van der Waals surface area contributed by atoms with Crippen LogP contribution in [0.25, 0.3) is 0 Å². The van der Waals surface area contributed by atoms with Gasteiger partial charge in [0, 0.05) is 20.2 Å². The zero-order valence-corrected chi connectivity index (χ0v) is 11.7. The van der Waals surface area contributed by atoms with Gasteiger partial charge in [-0.2, -0.15) is 0 Å². The normalized spacial score (nSPS) is 16.8. The fraction of sp³-hybridized carbons (Fsp3) is 0.533. The highest BCUT2D eigenvalue weighted by Crippen LogP contribution is 2.31. The summed E-state index contributed by atoms with van der Waals surface area (Å²) in [5.74, 6) is 1.23. The van der Waals surface area contributed by atoms with E-state index < -0.39 is 6.10 Å². The molecule has 0 aliphatic carbocycles. The maximum absolute atomic E-state index is 12.2. The van der Waals surface area contributed by atoms with Crippen LogP contribution in [0.3, 0.4) is 0 Å². The first-order valence-corrected chi connectivity index (χ1v) is 6.96. The smallest absolute Gasteiger partial charge is 0.267 e. The van der Waals surface area contributed by atoms with Gasteiger partial charge in [-0.25, -0.2) is 0 Å². The van der Waals surface area contributed by atoms with Crippen molar-refractivity contribution in [3.05, 3.63) is 24.3 Å². The maximum Gasteiger partial charge on any atom is 0.267 e. The number of benzene rings is 1. The van der Waals surface area contributed by atoms with Crippen LogP contribution in [0.2, 0.25) is 0 Å². The van der Waals surface area contributed by atoms with Gasteiger partial charge in [0.25, 0.3) is 5.91 Å². The van der Waals surface area contributed by atoms with E-state index in [0.717, 1.165) is 19.3 Å². The first-order chi connectivity index (χ1) is 9.72. The minimum absolute atomic E-state index is 0.0662. The second-order valence-corrected chi connectivity index (χ2v) is 4.91. The molecule has 110 valence electrons. The van der Waals surface area contributed by atoms with Gasteiger partial charge in [0.05, 0.1) is 0 Å². The van der Waals surface area contributed by atoms with Crippen molar-refractivity contribution >= 4 is 5.91 Å². The van der Waals surface area contributed by atoms with Crippen LogP contribution in [0.1, 0.15) is 19.3 Å². The molecule has 1 aliphatic heterocycles. The number of unbranched alkanes of at least 4 members (excludes halogenated alkanes) is 2. The van der Waals surface area contributed by atoms with Gasteiger partial charge in [0.15, 0.2) is 11.5 Å². The topological polar surface area (TPSA) is 59.0 Å². The Kier molecular flexibility index (Phi) is 5.24. The van der Waals surface area contributed by atoms with E-state index in [9.17, 15) is 4.79 Å². The number of rotatable bonds is 6. The molecule has 5 nitrogen and oxygen atoms in total. The molecule has 1 heterocycles. The lowest BCUT2D eigenvalue weighted by Gasteiger charge is -2.28. The summed E-state index contributed by atoms with van der Waals surface area (Å²) >= 11 is 0. The molecule has 2 rings (SSSR count). The van der Waals surface area contributed by atoms with Crippen molar-refractivity contribution in [3.8, 4) is 11.5 Å². The number of carbonyl (C=O) groups excluding carboxylic acids is 1. The lowest BCUT2D eigenvalue weighted by atomic mass is 10.2. The van der Waals surface area contributed by atoms with Crippen LogP contribution in [0, 0.1) is 0 Å². The van der Waals surface area contributed by atoms with E-state index in [1.54, 1.807) is 18.0 Å². The standard InChI is InChI=1S/C15H21NO4/c1-16(9-5-2-6-10-17)15(18)14-11-19-12-7-3-4-8-13(12)20-14/h3-4,7-8,14,17H,2,5-6,9-11H2,1H3. The van der Waals surface area contributed by atoms with Crippen molar-refractivity contribution in [2.75, 3.05) is 26.8 Å². The average molecular weight is 279 g/mol. The van der Waals surface area contributed by atoms with Gasteiger partial charge in [0.2, 0.25) is 6.10 Å². The largest absolute Gasteiger partial charge is 0.485 e. The molecule has 0 saturated heterocycles. The molecule has 1 unspecified atom stereocenters. The Hall–Kier alpha value is -1.75. The predicted octanol–water partition coefficient (Wildman–Crippen LogP) is 1.45. The highest BCUT2D eigenvalue weighted by atomic mass is 16.6. The van der Waals surface area contributed by atoms with Crippen molar-refractivity contribution < 1.29 is 19.4 Å². The number of hydrogen-bond acceptors (Lipinski definition) is 4. The van der Waals surface area contributed by atoms with Crippen LogP contribution in [0.5, 0.6) is 11.5 Å². The predicted molar refractivity (Wildman–Crippen MR) is 74.9 cm³/mol. The Morgan fingerprint density at radius 3 is 2.80 bits per heavy atom. The summed E-state index contributed by atoms with van der Waals surface area (Å²) in [5.41, 5.74) is 0. The lowest BCUT2D eigenvalue weighted by Crippen LogP contribution is -2.45. The van der Waals surface area contributed by atoms with Gasteiger partial charge in [-0.05, 0) is 31.4 Å². The number of para-hydroxylation sites is 2. The van der Waals surface area contributed by atoms with Crippen LogP contribution < -0.4 is 9.47 Å². The Bertz CT molecular complexity index is 449. The second kappa shape index (κ2) is 7.14. The second-order valence-electron chi connectivity index (χ2n) is 4.91. The van der Waals surface area contributed by atoms with E-state index in [1.165, 1.54) is 0 Å². The van der Waals surface area contributed by atoms with Crippen LogP contribution in [-0.4, -0.2) is 48.8 Å². The molecule has 1 aromatic carbocycles. The number of likely N-dealkylation sites (N-methyl/N-ethyl adjacent to an activating group) is 1. The Morgan fingerprint density at radius 2 is 2.05 bits per heavy atom. The summed E-state index contributed by atoms with van der Waals surface area (Å²) in [4.78, 5) is 13.9. The number of aliphatic hydroxyl groups is 1. The summed E-state index contributed by atoms with van der Waals surface area (Å²) in [6.45, 7) is 1.12. The van der Waals surface area contributed by atoms with E-state index in [2.05, 4.69) is 0 Å². The minimum Gasteiger partial charge on any atom is -0.485 e. The SMILES string of the molecule is CN(CCCCCO)C(=O)C1COc2ccccc2O1. The van der Waals surface area contributed by atoms with Gasteiger partial charge >= 0.3 is 0 Å². The van der Waals surface area contributed by atoms with Crippen LogP contribution >= 0.6 is 0 Å². The number of fused-ring (bicyclic) bond motifs is 1. The fourth-order valence-corrected chi connectivity index (χ4v) is 2.13. The molecule has 0 saturated carbocycles. The number of hydrogen-bond donors (Lipinski definition) is 1. The molecule has 0 bridgehead atoms. The summed E-state index contributed by atoms with van der Waals surface area (Å²) in [6, 6.07) is 7.36. The third-order valence-electron chi connectivity index (χ3n) is 3.31. The van der Waals surface area contributed by atoms with Crippen LogP contribution in [0.15, 0.2) is 24.3 Å². The molecule has 1 amide bonds. The first kappa shape index (κ1) is 14.7.